The molecule has 0 unspecified atom stereocenters. The van der Waals surface area contributed by atoms with Gasteiger partial charge in [0.05, 0.1) is 10.9 Å². The summed E-state index contributed by atoms with van der Waals surface area (Å²) < 4.78 is 0. The number of nitrogens with zero attached hydrogens (tertiary/aromatic N) is 5. The monoisotopic (exact) mass is 483 g/mol. The van der Waals surface area contributed by atoms with E-state index in [1.807, 2.05) is 70.1 Å². The number of thioether (sulfide) groups is 1. The van der Waals surface area contributed by atoms with E-state index >= 15 is 0 Å². The zero-order chi connectivity index (χ0) is 24.1. The minimum atomic E-state index is -0.539. The molecule has 2 N–H and O–H groups in total. The van der Waals surface area contributed by atoms with Gasteiger partial charge in [0, 0.05) is 31.3 Å². The van der Waals surface area contributed by atoms with Gasteiger partial charge in [-0.3, -0.25) is 14.9 Å². The Bertz CT molecular complexity index is 1230. The SMILES string of the molecule is CC[C@H](Sc1nc(-c2ccc(N(C)C)cc2)c(C#N)c(=O)[nH]1)C(=O)Nc1nnc(C(C)C)s1. The Morgan fingerprint density at radius 3 is 2.52 bits per heavy atom. The van der Waals surface area contributed by atoms with Crippen molar-refractivity contribution in [3.63, 3.8) is 0 Å². The lowest BCUT2D eigenvalue weighted by Crippen LogP contribution is -2.25. The van der Waals surface area contributed by atoms with E-state index in [4.69, 9.17) is 0 Å². The highest BCUT2D eigenvalue weighted by Gasteiger charge is 2.23. The van der Waals surface area contributed by atoms with Gasteiger partial charge in [-0.2, -0.15) is 5.26 Å². The largest absolute Gasteiger partial charge is 0.378 e. The molecule has 2 heterocycles. The molecule has 1 atom stereocenters. The fourth-order valence-electron chi connectivity index (χ4n) is 2.90. The van der Waals surface area contributed by atoms with Gasteiger partial charge in [0.2, 0.25) is 11.0 Å². The van der Waals surface area contributed by atoms with Crippen LogP contribution in [0.5, 0.6) is 0 Å². The molecular weight excluding hydrogens is 458 g/mol. The number of nitriles is 1. The highest BCUT2D eigenvalue weighted by molar-refractivity contribution is 8.00. The molecule has 3 rings (SSSR count). The van der Waals surface area contributed by atoms with Crippen LogP contribution in [0.4, 0.5) is 10.8 Å². The van der Waals surface area contributed by atoms with Crippen molar-refractivity contribution in [2.45, 2.75) is 43.5 Å². The number of benzene rings is 1. The molecule has 0 bridgehead atoms. The van der Waals surface area contributed by atoms with Crippen LogP contribution >= 0.6 is 23.1 Å². The van der Waals surface area contributed by atoms with Crippen molar-refractivity contribution in [2.75, 3.05) is 24.3 Å². The number of anilines is 2. The summed E-state index contributed by atoms with van der Waals surface area (Å²) >= 11 is 2.48. The van der Waals surface area contributed by atoms with Gasteiger partial charge in [-0.15, -0.1) is 10.2 Å². The zero-order valence-electron chi connectivity index (χ0n) is 19.0. The van der Waals surface area contributed by atoms with Crippen LogP contribution in [0.25, 0.3) is 11.3 Å². The molecule has 172 valence electrons. The van der Waals surface area contributed by atoms with E-state index in [-0.39, 0.29) is 28.2 Å². The van der Waals surface area contributed by atoms with Gasteiger partial charge in [-0.1, -0.05) is 56.0 Å². The van der Waals surface area contributed by atoms with Crippen LogP contribution in [-0.2, 0) is 4.79 Å². The Balaban J connectivity index is 1.86. The molecule has 0 aliphatic rings. The minimum absolute atomic E-state index is 0.0653. The van der Waals surface area contributed by atoms with E-state index in [0.717, 1.165) is 22.5 Å². The number of H-pyrrole nitrogens is 1. The fourth-order valence-corrected chi connectivity index (χ4v) is 4.55. The first-order valence-corrected chi connectivity index (χ1v) is 12.1. The van der Waals surface area contributed by atoms with Gasteiger partial charge < -0.3 is 9.88 Å². The third-order valence-corrected chi connectivity index (χ3v) is 7.14. The molecule has 0 spiro atoms. The summed E-state index contributed by atoms with van der Waals surface area (Å²) in [6.07, 6.45) is 0.503. The quantitative estimate of drug-likeness (QED) is 0.365. The molecule has 0 radical (unpaired) electrons. The molecule has 3 aromatic rings. The highest BCUT2D eigenvalue weighted by atomic mass is 32.2. The van der Waals surface area contributed by atoms with E-state index in [0.29, 0.717) is 17.1 Å². The van der Waals surface area contributed by atoms with Crippen LogP contribution in [0.3, 0.4) is 0 Å². The Morgan fingerprint density at radius 1 is 1.27 bits per heavy atom. The Kier molecular flexibility index (Phi) is 7.84. The molecule has 0 aliphatic carbocycles. The maximum absolute atomic E-state index is 12.8. The van der Waals surface area contributed by atoms with Gasteiger partial charge in [-0.05, 0) is 18.6 Å². The van der Waals surface area contributed by atoms with Crippen molar-refractivity contribution in [1.82, 2.24) is 20.2 Å². The minimum Gasteiger partial charge on any atom is -0.378 e. The number of carbonyl (C=O) groups excluding carboxylic acids is 1. The number of rotatable bonds is 8. The fraction of sp³-hybridized carbons (Fsp3) is 0.364. The van der Waals surface area contributed by atoms with Gasteiger partial charge in [0.25, 0.3) is 5.56 Å². The second-order valence-electron chi connectivity index (χ2n) is 7.75. The van der Waals surface area contributed by atoms with Crippen LogP contribution in [0.2, 0.25) is 0 Å². The Morgan fingerprint density at radius 2 is 1.97 bits per heavy atom. The number of hydrogen-bond donors (Lipinski definition) is 2. The molecule has 1 amide bonds. The van der Waals surface area contributed by atoms with Gasteiger partial charge in [-0.25, -0.2) is 4.98 Å². The van der Waals surface area contributed by atoms with Crippen LogP contribution in [-0.4, -0.2) is 45.4 Å². The predicted molar refractivity (Wildman–Crippen MR) is 132 cm³/mol. The third-order valence-electron chi connectivity index (χ3n) is 4.75. The van der Waals surface area contributed by atoms with E-state index in [2.05, 4.69) is 25.5 Å². The van der Waals surface area contributed by atoms with Crippen molar-refractivity contribution < 1.29 is 4.79 Å². The first kappa shape index (κ1) is 24.4. The summed E-state index contributed by atoms with van der Waals surface area (Å²) in [5.74, 6) is -0.0273. The Labute approximate surface area is 200 Å². The van der Waals surface area contributed by atoms with Crippen molar-refractivity contribution in [3.05, 3.63) is 45.2 Å². The lowest BCUT2D eigenvalue weighted by atomic mass is 10.1. The summed E-state index contributed by atoms with van der Waals surface area (Å²) in [4.78, 5) is 34.5. The standard InChI is InChI=1S/C22H25N7O2S2/c1-6-16(19(31)26-22-28-27-20(33-22)12(2)3)32-21-24-17(15(11-23)18(30)25-21)13-7-9-14(10-8-13)29(4)5/h7-10,12,16H,6H2,1-5H3,(H,24,25,30)(H,26,28,31)/t16-/m0/s1. The first-order valence-electron chi connectivity index (χ1n) is 10.4. The molecule has 1 aromatic carbocycles. The van der Waals surface area contributed by atoms with E-state index in [1.165, 1.54) is 11.3 Å². The van der Waals surface area contributed by atoms with Crippen molar-refractivity contribution in [1.29, 1.82) is 5.26 Å². The zero-order valence-corrected chi connectivity index (χ0v) is 20.7. The van der Waals surface area contributed by atoms with Gasteiger partial charge in [0.15, 0.2) is 5.16 Å². The van der Waals surface area contributed by atoms with E-state index < -0.39 is 10.8 Å². The van der Waals surface area contributed by atoms with Crippen LogP contribution in [0.1, 0.15) is 43.7 Å². The van der Waals surface area contributed by atoms with Gasteiger partial charge in [0.1, 0.15) is 16.6 Å². The number of amides is 1. The molecule has 0 fully saturated rings. The van der Waals surface area contributed by atoms with Crippen LogP contribution < -0.4 is 15.8 Å². The molecular formula is C22H25N7O2S2. The second kappa shape index (κ2) is 10.6. The van der Waals surface area contributed by atoms with E-state index in [1.54, 1.807) is 0 Å². The van der Waals surface area contributed by atoms with Crippen molar-refractivity contribution >= 4 is 39.8 Å². The molecule has 0 saturated carbocycles. The molecule has 0 saturated heterocycles. The third kappa shape index (κ3) is 5.77. The number of hydrogen-bond acceptors (Lipinski definition) is 9. The van der Waals surface area contributed by atoms with Crippen LogP contribution in [0.15, 0.2) is 34.2 Å². The van der Waals surface area contributed by atoms with Crippen molar-refractivity contribution in [2.24, 2.45) is 0 Å². The Hall–Kier alpha value is -3.23. The molecule has 11 heteroatoms. The summed E-state index contributed by atoms with van der Waals surface area (Å²) in [6.45, 7) is 5.89. The number of aromatic nitrogens is 4. The van der Waals surface area contributed by atoms with Gasteiger partial charge >= 0.3 is 0 Å². The normalized spacial score (nSPS) is 11.8. The maximum atomic E-state index is 12.8. The summed E-state index contributed by atoms with van der Waals surface area (Å²) in [5.41, 5.74) is 1.32. The van der Waals surface area contributed by atoms with Crippen molar-refractivity contribution in [3.8, 4) is 17.3 Å². The summed E-state index contributed by atoms with van der Waals surface area (Å²) in [7, 11) is 3.86. The smallest absolute Gasteiger partial charge is 0.270 e. The maximum Gasteiger partial charge on any atom is 0.270 e. The van der Waals surface area contributed by atoms with E-state index in [9.17, 15) is 14.9 Å². The summed E-state index contributed by atoms with van der Waals surface area (Å²) in [5, 5.41) is 21.5. The average molecular weight is 484 g/mol. The number of carbonyl (C=O) groups is 1. The van der Waals surface area contributed by atoms with Crippen LogP contribution in [0, 0.1) is 11.3 Å². The highest BCUT2D eigenvalue weighted by Crippen LogP contribution is 2.28. The average Bonchev–Trinajstić information content (AvgIpc) is 3.26. The molecule has 33 heavy (non-hydrogen) atoms. The number of nitrogens with one attached hydrogen (secondary N) is 2. The number of aromatic amines is 1. The lowest BCUT2D eigenvalue weighted by Gasteiger charge is -2.14. The molecule has 0 aliphatic heterocycles. The summed E-state index contributed by atoms with van der Waals surface area (Å²) in [6, 6.07) is 9.36. The predicted octanol–water partition coefficient (Wildman–Crippen LogP) is 3.86. The first-order chi connectivity index (χ1) is 15.7. The topological polar surface area (TPSA) is 128 Å². The molecule has 2 aromatic heterocycles. The lowest BCUT2D eigenvalue weighted by molar-refractivity contribution is -0.115. The molecule has 9 nitrogen and oxygen atoms in total. The second-order valence-corrected chi connectivity index (χ2v) is 9.95.